The van der Waals surface area contributed by atoms with Crippen LogP contribution in [0.15, 0.2) is 36.4 Å². The largest absolute Gasteiger partial charge is 0.399 e. The summed E-state index contributed by atoms with van der Waals surface area (Å²) < 4.78 is 0. The Morgan fingerprint density at radius 1 is 1.00 bits per heavy atom. The SMILES string of the molecule is CCC(=O)c1ccc(-c2cc(N)ccc2C)c(C)c1. The molecule has 0 aliphatic carbocycles. The molecule has 98 valence electrons. The molecule has 0 aliphatic heterocycles. The highest BCUT2D eigenvalue weighted by Crippen LogP contribution is 2.29. The smallest absolute Gasteiger partial charge is 0.162 e. The Kier molecular flexibility index (Phi) is 3.70. The zero-order valence-electron chi connectivity index (χ0n) is 11.7. The molecule has 2 rings (SSSR count). The minimum atomic E-state index is 0.180. The number of carbonyl (C=O) groups is 1. The number of Topliss-reactive ketones (excluding diaryl/α,β-unsaturated/α-hetero) is 1. The predicted octanol–water partition coefficient (Wildman–Crippen LogP) is 4.15. The fourth-order valence-electron chi connectivity index (χ4n) is 2.27. The summed E-state index contributed by atoms with van der Waals surface area (Å²) in [6.45, 7) is 5.98. The van der Waals surface area contributed by atoms with Crippen LogP contribution in [0.3, 0.4) is 0 Å². The summed E-state index contributed by atoms with van der Waals surface area (Å²) in [7, 11) is 0. The highest BCUT2D eigenvalue weighted by molar-refractivity contribution is 5.96. The maximum atomic E-state index is 11.7. The molecule has 0 saturated carbocycles. The molecular formula is C17H19NO. The van der Waals surface area contributed by atoms with Gasteiger partial charge in [0.25, 0.3) is 0 Å². The number of hydrogen-bond donors (Lipinski definition) is 1. The lowest BCUT2D eigenvalue weighted by Crippen LogP contribution is -1.98. The zero-order valence-corrected chi connectivity index (χ0v) is 11.7. The standard InChI is InChI=1S/C17H19NO/c1-4-17(19)13-6-8-15(12(3)9-13)16-10-14(18)7-5-11(16)2/h5-10H,4,18H2,1-3H3. The first-order valence-corrected chi connectivity index (χ1v) is 6.53. The van der Waals surface area contributed by atoms with E-state index in [1.165, 1.54) is 5.56 Å². The molecular weight excluding hydrogens is 234 g/mol. The normalized spacial score (nSPS) is 10.5. The van der Waals surface area contributed by atoms with Gasteiger partial charge in [0.15, 0.2) is 5.78 Å². The Labute approximate surface area is 114 Å². The second-order valence-electron chi connectivity index (χ2n) is 4.88. The maximum absolute atomic E-state index is 11.7. The Morgan fingerprint density at radius 3 is 2.37 bits per heavy atom. The fourth-order valence-corrected chi connectivity index (χ4v) is 2.27. The number of nitrogen functional groups attached to an aromatic ring is 1. The summed E-state index contributed by atoms with van der Waals surface area (Å²) in [6.07, 6.45) is 0.538. The molecule has 0 spiro atoms. The van der Waals surface area contributed by atoms with Crippen molar-refractivity contribution in [1.29, 1.82) is 0 Å². The maximum Gasteiger partial charge on any atom is 0.162 e. The molecule has 0 heterocycles. The van der Waals surface area contributed by atoms with Crippen LogP contribution in [0.2, 0.25) is 0 Å². The molecule has 0 aliphatic rings. The van der Waals surface area contributed by atoms with Crippen LogP contribution in [0.4, 0.5) is 5.69 Å². The van der Waals surface area contributed by atoms with Crippen LogP contribution in [0.5, 0.6) is 0 Å². The molecule has 0 radical (unpaired) electrons. The van der Waals surface area contributed by atoms with Gasteiger partial charge in [-0.1, -0.05) is 25.1 Å². The fraction of sp³-hybridized carbons (Fsp3) is 0.235. The summed E-state index contributed by atoms with van der Waals surface area (Å²) in [4.78, 5) is 11.7. The zero-order chi connectivity index (χ0) is 14.0. The van der Waals surface area contributed by atoms with E-state index >= 15 is 0 Å². The minimum Gasteiger partial charge on any atom is -0.399 e. The quantitative estimate of drug-likeness (QED) is 0.659. The average Bonchev–Trinajstić information content (AvgIpc) is 2.41. The van der Waals surface area contributed by atoms with E-state index in [0.29, 0.717) is 6.42 Å². The van der Waals surface area contributed by atoms with E-state index in [2.05, 4.69) is 6.92 Å². The van der Waals surface area contributed by atoms with Gasteiger partial charge in [-0.15, -0.1) is 0 Å². The van der Waals surface area contributed by atoms with Crippen molar-refractivity contribution >= 4 is 11.5 Å². The van der Waals surface area contributed by atoms with Crippen LogP contribution >= 0.6 is 0 Å². The van der Waals surface area contributed by atoms with Gasteiger partial charge in [-0.05, 0) is 54.3 Å². The first-order chi connectivity index (χ1) is 9.02. The van der Waals surface area contributed by atoms with Crippen molar-refractivity contribution < 1.29 is 4.79 Å². The third-order valence-electron chi connectivity index (χ3n) is 3.42. The number of ketones is 1. The van der Waals surface area contributed by atoms with Gasteiger partial charge in [0.2, 0.25) is 0 Å². The second kappa shape index (κ2) is 5.27. The van der Waals surface area contributed by atoms with E-state index in [9.17, 15) is 4.79 Å². The minimum absolute atomic E-state index is 0.180. The molecule has 0 bridgehead atoms. The molecule has 0 aromatic heterocycles. The summed E-state index contributed by atoms with van der Waals surface area (Å²) in [5.41, 5.74) is 12.0. The van der Waals surface area contributed by atoms with E-state index in [-0.39, 0.29) is 5.78 Å². The van der Waals surface area contributed by atoms with Gasteiger partial charge in [0.05, 0.1) is 0 Å². The summed E-state index contributed by atoms with van der Waals surface area (Å²) in [5.74, 6) is 0.180. The lowest BCUT2D eigenvalue weighted by Gasteiger charge is -2.11. The lowest BCUT2D eigenvalue weighted by atomic mass is 9.93. The Morgan fingerprint density at radius 2 is 1.74 bits per heavy atom. The third kappa shape index (κ3) is 2.68. The van der Waals surface area contributed by atoms with Crippen LogP contribution in [-0.2, 0) is 0 Å². The molecule has 0 unspecified atom stereocenters. The van der Waals surface area contributed by atoms with E-state index < -0.39 is 0 Å². The number of rotatable bonds is 3. The first-order valence-electron chi connectivity index (χ1n) is 6.53. The van der Waals surface area contributed by atoms with Crippen molar-refractivity contribution in [3.05, 3.63) is 53.1 Å². The second-order valence-corrected chi connectivity index (χ2v) is 4.88. The summed E-state index contributed by atoms with van der Waals surface area (Å²) in [6, 6.07) is 11.8. The van der Waals surface area contributed by atoms with Crippen LogP contribution in [0.25, 0.3) is 11.1 Å². The number of nitrogens with two attached hydrogens (primary N) is 1. The molecule has 0 amide bonds. The van der Waals surface area contributed by atoms with E-state index in [1.54, 1.807) is 0 Å². The van der Waals surface area contributed by atoms with Crippen molar-refractivity contribution in [2.45, 2.75) is 27.2 Å². The molecule has 0 fully saturated rings. The van der Waals surface area contributed by atoms with Crippen LogP contribution < -0.4 is 5.73 Å². The Balaban J connectivity index is 2.52. The first kappa shape index (κ1) is 13.3. The number of anilines is 1. The predicted molar refractivity (Wildman–Crippen MR) is 80.4 cm³/mol. The molecule has 2 aromatic carbocycles. The molecule has 0 saturated heterocycles. The third-order valence-corrected chi connectivity index (χ3v) is 3.42. The van der Waals surface area contributed by atoms with Crippen molar-refractivity contribution in [3.8, 4) is 11.1 Å². The van der Waals surface area contributed by atoms with E-state index in [1.807, 2.05) is 50.2 Å². The van der Waals surface area contributed by atoms with Crippen LogP contribution in [0.1, 0.15) is 34.8 Å². The van der Waals surface area contributed by atoms with Crippen molar-refractivity contribution in [1.82, 2.24) is 0 Å². The average molecular weight is 253 g/mol. The van der Waals surface area contributed by atoms with Crippen molar-refractivity contribution in [2.24, 2.45) is 0 Å². The molecule has 19 heavy (non-hydrogen) atoms. The van der Waals surface area contributed by atoms with Gasteiger partial charge in [0.1, 0.15) is 0 Å². The molecule has 2 heteroatoms. The van der Waals surface area contributed by atoms with Gasteiger partial charge in [0, 0.05) is 17.7 Å². The van der Waals surface area contributed by atoms with Gasteiger partial charge < -0.3 is 5.73 Å². The number of aryl methyl sites for hydroxylation is 2. The van der Waals surface area contributed by atoms with E-state index in [0.717, 1.165) is 27.9 Å². The van der Waals surface area contributed by atoms with Crippen LogP contribution in [-0.4, -0.2) is 5.78 Å². The highest BCUT2D eigenvalue weighted by atomic mass is 16.1. The van der Waals surface area contributed by atoms with E-state index in [4.69, 9.17) is 5.73 Å². The Bertz CT molecular complexity index is 629. The van der Waals surface area contributed by atoms with Gasteiger partial charge in [-0.3, -0.25) is 4.79 Å². The topological polar surface area (TPSA) is 43.1 Å². The van der Waals surface area contributed by atoms with Crippen molar-refractivity contribution in [2.75, 3.05) is 5.73 Å². The van der Waals surface area contributed by atoms with Gasteiger partial charge in [-0.2, -0.15) is 0 Å². The lowest BCUT2D eigenvalue weighted by molar-refractivity contribution is 0.0988. The number of benzene rings is 2. The van der Waals surface area contributed by atoms with Gasteiger partial charge in [-0.25, -0.2) is 0 Å². The summed E-state index contributed by atoms with van der Waals surface area (Å²) in [5, 5.41) is 0. The Hall–Kier alpha value is -2.09. The van der Waals surface area contributed by atoms with Crippen LogP contribution in [0, 0.1) is 13.8 Å². The highest BCUT2D eigenvalue weighted by Gasteiger charge is 2.09. The summed E-state index contributed by atoms with van der Waals surface area (Å²) >= 11 is 0. The molecule has 2 aromatic rings. The molecule has 2 N–H and O–H groups in total. The molecule has 2 nitrogen and oxygen atoms in total. The number of hydrogen-bond acceptors (Lipinski definition) is 2. The van der Waals surface area contributed by atoms with Crippen molar-refractivity contribution in [3.63, 3.8) is 0 Å². The molecule has 0 atom stereocenters. The van der Waals surface area contributed by atoms with Gasteiger partial charge >= 0.3 is 0 Å². The number of carbonyl (C=O) groups excluding carboxylic acids is 1. The monoisotopic (exact) mass is 253 g/mol.